The van der Waals surface area contributed by atoms with Crippen molar-refractivity contribution in [2.24, 2.45) is 0 Å². The van der Waals surface area contributed by atoms with E-state index >= 15 is 0 Å². The lowest BCUT2D eigenvalue weighted by Gasteiger charge is -2.39. The van der Waals surface area contributed by atoms with E-state index in [2.05, 4.69) is 20.3 Å². The number of ether oxygens (including phenoxy) is 1. The maximum absolute atomic E-state index is 14.4. The molecule has 0 radical (unpaired) electrons. The third kappa shape index (κ3) is 5.26. The average Bonchev–Trinajstić information content (AvgIpc) is 3.19. The number of rotatable bonds is 7. The number of carbonyl (C=O) groups excluding carboxylic acids is 1. The van der Waals surface area contributed by atoms with Crippen molar-refractivity contribution in [3.05, 3.63) is 41.7 Å². The highest BCUT2D eigenvalue weighted by Gasteiger charge is 2.33. The highest BCUT2D eigenvalue weighted by molar-refractivity contribution is 6.05. The van der Waals surface area contributed by atoms with Gasteiger partial charge in [-0.25, -0.2) is 27.9 Å². The molecule has 3 aromatic rings. The molecule has 0 aromatic carbocycles. The van der Waals surface area contributed by atoms with Gasteiger partial charge < -0.3 is 29.4 Å². The van der Waals surface area contributed by atoms with Crippen LogP contribution in [0.2, 0.25) is 0 Å². The molecule has 11 nitrogen and oxygen atoms in total. The minimum absolute atomic E-state index is 0.00987. The van der Waals surface area contributed by atoms with Crippen LogP contribution < -0.4 is 15.0 Å². The fourth-order valence-electron chi connectivity index (χ4n) is 4.05. The highest BCUT2D eigenvalue weighted by atomic mass is 19.3. The van der Waals surface area contributed by atoms with Crippen LogP contribution in [0, 0.1) is 12.7 Å². The molecule has 36 heavy (non-hydrogen) atoms. The molecule has 2 N–H and O–H groups in total. The maximum atomic E-state index is 14.4. The minimum atomic E-state index is -2.68. The summed E-state index contributed by atoms with van der Waals surface area (Å²) in [5.41, 5.74) is 0.895. The lowest BCUT2D eigenvalue weighted by Crippen LogP contribution is -2.56. The predicted octanol–water partition coefficient (Wildman–Crippen LogP) is 3.05. The van der Waals surface area contributed by atoms with Crippen molar-refractivity contribution < 1.29 is 32.6 Å². The molecule has 192 valence electrons. The van der Waals surface area contributed by atoms with Crippen molar-refractivity contribution >= 4 is 29.3 Å². The smallest absolute Gasteiger partial charge is 0.407 e. The molecule has 0 spiro atoms. The summed E-state index contributed by atoms with van der Waals surface area (Å²) < 4.78 is 47.4. The van der Waals surface area contributed by atoms with Crippen LogP contribution in [0.4, 0.5) is 29.6 Å². The van der Waals surface area contributed by atoms with Crippen LogP contribution in [0.1, 0.15) is 29.4 Å². The first-order valence-electron chi connectivity index (χ1n) is 11.1. The Hall–Kier alpha value is -4.10. The average molecular weight is 507 g/mol. The normalized spacial score (nSPS) is 16.0. The minimum Gasteiger partial charge on any atom is -0.477 e. The van der Waals surface area contributed by atoms with Gasteiger partial charge in [0.15, 0.2) is 11.5 Å². The number of halogens is 3. The molecule has 4 heterocycles. The number of imidazole rings is 1. The predicted molar refractivity (Wildman–Crippen MR) is 122 cm³/mol. The molecule has 1 fully saturated rings. The number of amides is 2. The van der Waals surface area contributed by atoms with Gasteiger partial charge in [-0.15, -0.1) is 0 Å². The zero-order valence-corrected chi connectivity index (χ0v) is 19.5. The highest BCUT2D eigenvalue weighted by Crippen LogP contribution is 2.25. The molecule has 0 bridgehead atoms. The number of carboxylic acid groups (broad SMARTS) is 1. The van der Waals surface area contributed by atoms with Crippen molar-refractivity contribution in [3.8, 4) is 5.88 Å². The van der Waals surface area contributed by atoms with Gasteiger partial charge in [-0.3, -0.25) is 4.79 Å². The van der Waals surface area contributed by atoms with E-state index in [1.54, 1.807) is 24.9 Å². The molecule has 3 aromatic heterocycles. The zero-order valence-electron chi connectivity index (χ0n) is 19.5. The Bertz CT molecular complexity index is 1290. The first-order chi connectivity index (χ1) is 17.2. The fraction of sp³-hybridized carbons (Fsp3) is 0.409. The number of piperazine rings is 1. The zero-order chi connectivity index (χ0) is 26.0. The summed E-state index contributed by atoms with van der Waals surface area (Å²) in [6.45, 7) is 3.70. The number of aromatic nitrogens is 4. The molecule has 1 saturated heterocycles. The summed E-state index contributed by atoms with van der Waals surface area (Å²) in [5, 5.41) is 11.9. The van der Waals surface area contributed by atoms with Crippen LogP contribution in [0.15, 0.2) is 24.7 Å². The third-order valence-electron chi connectivity index (χ3n) is 5.61. The number of nitrogens with zero attached hydrogens (tertiary/aromatic N) is 6. The first-order valence-corrected chi connectivity index (χ1v) is 11.1. The van der Waals surface area contributed by atoms with Gasteiger partial charge in [0.25, 0.3) is 5.91 Å². The summed E-state index contributed by atoms with van der Waals surface area (Å²) in [6.07, 6.45) is -0.231. The number of fused-ring (bicyclic) bond motifs is 1. The number of anilines is 2. The molecule has 2 amide bonds. The molecule has 1 atom stereocenters. The molecule has 1 aliphatic heterocycles. The standard InChI is InChI=1S/C22H24F3N7O4/c1-3-36-20-15(19(33)28-13-6-16(23)18-27-12(2)9-31(18)10-13)8-26-21(29-20)30-4-5-32(22(34)35)14(11-30)7-17(24)25/h6,8-10,14,17H,3-5,7,11H2,1-2H3,(H,28,33)(H,34,35)/t14-/m1/s1. The molecule has 1 aliphatic rings. The van der Waals surface area contributed by atoms with Crippen LogP contribution in [0.25, 0.3) is 5.65 Å². The summed E-state index contributed by atoms with van der Waals surface area (Å²) in [6, 6.07) is 0.190. The monoisotopic (exact) mass is 507 g/mol. The summed E-state index contributed by atoms with van der Waals surface area (Å²) in [5.74, 6) is -1.20. The van der Waals surface area contributed by atoms with Crippen molar-refractivity contribution in [2.45, 2.75) is 32.7 Å². The van der Waals surface area contributed by atoms with Crippen molar-refractivity contribution in [1.29, 1.82) is 0 Å². The van der Waals surface area contributed by atoms with E-state index in [-0.39, 0.29) is 55.0 Å². The summed E-state index contributed by atoms with van der Waals surface area (Å²) >= 11 is 0. The number of aryl methyl sites for hydroxylation is 1. The molecule has 0 aliphatic carbocycles. The Kier molecular flexibility index (Phi) is 7.12. The van der Waals surface area contributed by atoms with Gasteiger partial charge in [-0.05, 0) is 13.8 Å². The van der Waals surface area contributed by atoms with Gasteiger partial charge in [0.1, 0.15) is 5.56 Å². The number of nitrogens with one attached hydrogen (secondary N) is 1. The van der Waals surface area contributed by atoms with E-state index in [1.165, 1.54) is 16.8 Å². The third-order valence-corrected chi connectivity index (χ3v) is 5.61. The van der Waals surface area contributed by atoms with E-state index in [1.807, 2.05) is 0 Å². The van der Waals surface area contributed by atoms with Crippen LogP contribution in [-0.2, 0) is 0 Å². The Balaban J connectivity index is 1.56. The lowest BCUT2D eigenvalue weighted by molar-refractivity contribution is 0.0699. The summed E-state index contributed by atoms with van der Waals surface area (Å²) in [7, 11) is 0. The van der Waals surface area contributed by atoms with Crippen LogP contribution >= 0.6 is 0 Å². The Morgan fingerprint density at radius 2 is 2.06 bits per heavy atom. The van der Waals surface area contributed by atoms with Gasteiger partial charge in [-0.2, -0.15) is 4.98 Å². The number of hydrogen-bond donors (Lipinski definition) is 2. The second-order valence-electron chi connectivity index (χ2n) is 8.17. The topological polar surface area (TPSA) is 125 Å². The van der Waals surface area contributed by atoms with Crippen LogP contribution in [0.5, 0.6) is 5.88 Å². The quantitative estimate of drug-likeness (QED) is 0.500. The SMILES string of the molecule is CCOc1nc(N2CCN(C(=O)O)[C@H](CC(F)F)C2)ncc1C(=O)Nc1cc(F)c2nc(C)cn2c1. The molecule has 0 saturated carbocycles. The van der Waals surface area contributed by atoms with E-state index < -0.39 is 36.7 Å². The molecule has 4 rings (SSSR count). The fourth-order valence-corrected chi connectivity index (χ4v) is 4.05. The Morgan fingerprint density at radius 1 is 1.28 bits per heavy atom. The molecular weight excluding hydrogens is 483 g/mol. The van der Waals surface area contributed by atoms with Crippen molar-refractivity contribution in [3.63, 3.8) is 0 Å². The largest absolute Gasteiger partial charge is 0.477 e. The van der Waals surface area contributed by atoms with E-state index in [9.17, 15) is 27.9 Å². The molecule has 0 unspecified atom stereocenters. The number of alkyl halides is 2. The lowest BCUT2D eigenvalue weighted by atomic mass is 10.1. The van der Waals surface area contributed by atoms with Crippen LogP contribution in [-0.4, -0.2) is 80.1 Å². The first kappa shape index (κ1) is 25.0. The number of pyridine rings is 1. The second kappa shape index (κ2) is 10.3. The van der Waals surface area contributed by atoms with Gasteiger partial charge in [-0.1, -0.05) is 0 Å². The van der Waals surface area contributed by atoms with Gasteiger partial charge in [0, 0.05) is 50.7 Å². The van der Waals surface area contributed by atoms with E-state index in [4.69, 9.17) is 4.74 Å². The van der Waals surface area contributed by atoms with Crippen molar-refractivity contribution in [2.75, 3.05) is 36.5 Å². The molecular formula is C22H24F3N7O4. The maximum Gasteiger partial charge on any atom is 0.407 e. The van der Waals surface area contributed by atoms with Crippen molar-refractivity contribution in [1.82, 2.24) is 24.3 Å². The number of hydrogen-bond acceptors (Lipinski definition) is 7. The second-order valence-corrected chi connectivity index (χ2v) is 8.17. The van der Waals surface area contributed by atoms with Gasteiger partial charge >= 0.3 is 6.09 Å². The Morgan fingerprint density at radius 3 is 2.75 bits per heavy atom. The van der Waals surface area contributed by atoms with E-state index in [0.717, 1.165) is 11.0 Å². The summed E-state index contributed by atoms with van der Waals surface area (Å²) in [4.78, 5) is 39.5. The number of carbonyl (C=O) groups is 2. The van der Waals surface area contributed by atoms with Gasteiger partial charge in [0.2, 0.25) is 18.3 Å². The van der Waals surface area contributed by atoms with Crippen LogP contribution in [0.3, 0.4) is 0 Å². The van der Waals surface area contributed by atoms with E-state index in [0.29, 0.717) is 5.69 Å². The molecule has 14 heteroatoms. The van der Waals surface area contributed by atoms with Gasteiger partial charge in [0.05, 0.1) is 24.0 Å². The Labute approximate surface area is 203 Å².